The van der Waals surface area contributed by atoms with Gasteiger partial charge in [0.2, 0.25) is 5.91 Å². The van der Waals surface area contributed by atoms with E-state index in [-0.39, 0.29) is 18.4 Å². The van der Waals surface area contributed by atoms with E-state index in [0.717, 1.165) is 0 Å². The van der Waals surface area contributed by atoms with E-state index < -0.39 is 5.97 Å². The lowest BCUT2D eigenvalue weighted by molar-refractivity contribution is -0.115. The molecule has 0 aromatic heterocycles. The first-order valence-electron chi connectivity index (χ1n) is 7.02. The summed E-state index contributed by atoms with van der Waals surface area (Å²) < 4.78 is 5.25. The molecule has 0 atom stereocenters. The summed E-state index contributed by atoms with van der Waals surface area (Å²) in [6, 6.07) is 13.2. The van der Waals surface area contributed by atoms with Crippen molar-refractivity contribution >= 4 is 39.4 Å². The van der Waals surface area contributed by atoms with Crippen LogP contribution in [0.5, 0.6) is 0 Å². The average molecular weight is 391 g/mol. The van der Waals surface area contributed by atoms with Crippen molar-refractivity contribution in [3.8, 4) is 0 Å². The molecule has 2 aromatic carbocycles. The second kappa shape index (κ2) is 8.26. The number of benzene rings is 2. The van der Waals surface area contributed by atoms with Gasteiger partial charge in [0, 0.05) is 10.2 Å². The Hall–Kier alpha value is -2.67. The number of esters is 1. The molecule has 0 heterocycles. The SMILES string of the molecule is COC(=O)c1ccc(NC(=O)CNC(=O)c2ccccc2Br)cc1. The Balaban J connectivity index is 1.88. The monoisotopic (exact) mass is 390 g/mol. The molecule has 0 spiro atoms. The standard InChI is InChI=1S/C17H15BrN2O4/c1-24-17(23)11-6-8-12(9-7-11)20-15(21)10-19-16(22)13-4-2-3-5-14(13)18/h2-9H,10H2,1H3,(H,19,22)(H,20,21). The summed E-state index contributed by atoms with van der Waals surface area (Å²) in [7, 11) is 1.30. The summed E-state index contributed by atoms with van der Waals surface area (Å²) in [6.45, 7) is -0.168. The average Bonchev–Trinajstić information content (AvgIpc) is 2.60. The third-order valence-electron chi connectivity index (χ3n) is 3.12. The highest BCUT2D eigenvalue weighted by atomic mass is 79.9. The molecule has 7 heteroatoms. The molecule has 2 N–H and O–H groups in total. The van der Waals surface area contributed by atoms with Gasteiger partial charge in [-0.1, -0.05) is 12.1 Å². The van der Waals surface area contributed by atoms with Crippen molar-refractivity contribution in [1.29, 1.82) is 0 Å². The summed E-state index contributed by atoms with van der Waals surface area (Å²) >= 11 is 3.28. The lowest BCUT2D eigenvalue weighted by Gasteiger charge is -2.08. The predicted molar refractivity (Wildman–Crippen MR) is 92.9 cm³/mol. The zero-order chi connectivity index (χ0) is 17.5. The van der Waals surface area contributed by atoms with Gasteiger partial charge in [0.05, 0.1) is 24.8 Å². The van der Waals surface area contributed by atoms with Gasteiger partial charge in [0.25, 0.3) is 5.91 Å². The molecule has 0 saturated heterocycles. The summed E-state index contributed by atoms with van der Waals surface area (Å²) in [6.07, 6.45) is 0. The molecule has 6 nitrogen and oxygen atoms in total. The lowest BCUT2D eigenvalue weighted by Crippen LogP contribution is -2.33. The van der Waals surface area contributed by atoms with Gasteiger partial charge in [-0.2, -0.15) is 0 Å². The molecule has 124 valence electrons. The van der Waals surface area contributed by atoms with Crippen LogP contribution in [0.3, 0.4) is 0 Å². The molecule has 2 amide bonds. The minimum atomic E-state index is -0.450. The number of rotatable bonds is 5. The number of carbonyl (C=O) groups excluding carboxylic acids is 3. The van der Waals surface area contributed by atoms with Crippen molar-refractivity contribution in [2.45, 2.75) is 0 Å². The maximum atomic E-state index is 12.0. The van der Waals surface area contributed by atoms with Crippen LogP contribution in [0.1, 0.15) is 20.7 Å². The van der Waals surface area contributed by atoms with Crippen molar-refractivity contribution in [2.75, 3.05) is 19.0 Å². The maximum absolute atomic E-state index is 12.0. The molecule has 0 radical (unpaired) electrons. The van der Waals surface area contributed by atoms with Gasteiger partial charge >= 0.3 is 5.97 Å². The molecular formula is C17H15BrN2O4. The second-order valence-corrected chi connectivity index (χ2v) is 5.63. The van der Waals surface area contributed by atoms with Crippen LogP contribution < -0.4 is 10.6 Å². The smallest absolute Gasteiger partial charge is 0.337 e. The van der Waals surface area contributed by atoms with E-state index in [1.165, 1.54) is 7.11 Å². The molecular weight excluding hydrogens is 376 g/mol. The molecule has 24 heavy (non-hydrogen) atoms. The number of methoxy groups -OCH3 is 1. The Morgan fingerprint density at radius 1 is 1.04 bits per heavy atom. The van der Waals surface area contributed by atoms with Gasteiger partial charge in [-0.05, 0) is 52.3 Å². The molecule has 0 aliphatic carbocycles. The van der Waals surface area contributed by atoms with Crippen LogP contribution in [0.25, 0.3) is 0 Å². The van der Waals surface area contributed by atoms with Gasteiger partial charge in [-0.25, -0.2) is 4.79 Å². The van der Waals surface area contributed by atoms with Crippen LogP contribution in [-0.4, -0.2) is 31.4 Å². The Bertz CT molecular complexity index is 759. The normalized spacial score (nSPS) is 9.92. The van der Waals surface area contributed by atoms with Gasteiger partial charge in [0.15, 0.2) is 0 Å². The van der Waals surface area contributed by atoms with Crippen molar-refractivity contribution in [2.24, 2.45) is 0 Å². The quantitative estimate of drug-likeness (QED) is 0.768. The van der Waals surface area contributed by atoms with Crippen molar-refractivity contribution in [3.05, 3.63) is 64.1 Å². The zero-order valence-electron chi connectivity index (χ0n) is 12.8. The molecule has 0 bridgehead atoms. The van der Waals surface area contributed by atoms with Crippen LogP contribution >= 0.6 is 15.9 Å². The molecule has 0 aliphatic rings. The Morgan fingerprint density at radius 2 is 1.71 bits per heavy atom. The van der Waals surface area contributed by atoms with Crippen molar-refractivity contribution < 1.29 is 19.1 Å². The van der Waals surface area contributed by atoms with Crippen LogP contribution in [0.15, 0.2) is 53.0 Å². The van der Waals surface area contributed by atoms with E-state index in [4.69, 9.17) is 0 Å². The number of anilines is 1. The number of hydrogen-bond acceptors (Lipinski definition) is 4. The zero-order valence-corrected chi connectivity index (χ0v) is 14.4. The van der Waals surface area contributed by atoms with Gasteiger partial charge in [-0.15, -0.1) is 0 Å². The number of halogens is 1. The molecule has 0 aliphatic heterocycles. The summed E-state index contributed by atoms with van der Waals surface area (Å²) in [5.74, 6) is -1.17. The van der Waals surface area contributed by atoms with Crippen LogP contribution in [0, 0.1) is 0 Å². The highest BCUT2D eigenvalue weighted by Gasteiger charge is 2.11. The number of nitrogens with one attached hydrogen (secondary N) is 2. The Morgan fingerprint density at radius 3 is 2.33 bits per heavy atom. The van der Waals surface area contributed by atoms with E-state index >= 15 is 0 Å². The highest BCUT2D eigenvalue weighted by molar-refractivity contribution is 9.10. The largest absolute Gasteiger partial charge is 0.465 e. The first-order valence-corrected chi connectivity index (χ1v) is 7.81. The number of hydrogen-bond donors (Lipinski definition) is 2. The highest BCUT2D eigenvalue weighted by Crippen LogP contribution is 2.15. The first-order chi connectivity index (χ1) is 11.5. The summed E-state index contributed by atoms with van der Waals surface area (Å²) in [4.78, 5) is 35.2. The molecule has 2 rings (SSSR count). The number of ether oxygens (including phenoxy) is 1. The van der Waals surface area contributed by atoms with Crippen molar-refractivity contribution in [3.63, 3.8) is 0 Å². The van der Waals surface area contributed by atoms with Crippen molar-refractivity contribution in [1.82, 2.24) is 5.32 Å². The summed E-state index contributed by atoms with van der Waals surface area (Å²) in [5, 5.41) is 5.17. The van der Waals surface area contributed by atoms with E-state index in [9.17, 15) is 14.4 Å². The maximum Gasteiger partial charge on any atom is 0.337 e. The fourth-order valence-electron chi connectivity index (χ4n) is 1.91. The van der Waals surface area contributed by atoms with E-state index in [1.807, 2.05) is 0 Å². The van der Waals surface area contributed by atoms with E-state index in [0.29, 0.717) is 21.3 Å². The molecule has 0 fully saturated rings. The van der Waals surface area contributed by atoms with Crippen LogP contribution in [0.4, 0.5) is 5.69 Å². The van der Waals surface area contributed by atoms with Gasteiger partial charge in [0.1, 0.15) is 0 Å². The van der Waals surface area contributed by atoms with Crippen LogP contribution in [-0.2, 0) is 9.53 Å². The fourth-order valence-corrected chi connectivity index (χ4v) is 2.38. The van der Waals surface area contributed by atoms with E-state index in [1.54, 1.807) is 48.5 Å². The third kappa shape index (κ3) is 4.66. The summed E-state index contributed by atoms with van der Waals surface area (Å²) in [5.41, 5.74) is 1.35. The molecule has 0 saturated carbocycles. The minimum Gasteiger partial charge on any atom is -0.465 e. The Labute approximate surface area is 147 Å². The minimum absolute atomic E-state index is 0.168. The van der Waals surface area contributed by atoms with Gasteiger partial charge < -0.3 is 15.4 Å². The van der Waals surface area contributed by atoms with Gasteiger partial charge in [-0.3, -0.25) is 9.59 Å². The topological polar surface area (TPSA) is 84.5 Å². The Kier molecular flexibility index (Phi) is 6.08. The predicted octanol–water partition coefficient (Wildman–Crippen LogP) is 2.60. The van der Waals surface area contributed by atoms with E-state index in [2.05, 4.69) is 31.3 Å². The first kappa shape index (κ1) is 17.7. The fraction of sp³-hybridized carbons (Fsp3) is 0.118. The van der Waals surface area contributed by atoms with Crippen LogP contribution in [0.2, 0.25) is 0 Å². The number of carbonyl (C=O) groups is 3. The second-order valence-electron chi connectivity index (χ2n) is 4.78. The lowest BCUT2D eigenvalue weighted by atomic mass is 10.2. The third-order valence-corrected chi connectivity index (χ3v) is 3.81. The molecule has 2 aromatic rings. The molecule has 0 unspecified atom stereocenters. The number of amides is 2.